The summed E-state index contributed by atoms with van der Waals surface area (Å²) in [6.45, 7) is 3.47. The Kier molecular flexibility index (Phi) is 10.8. The zero-order valence-electron chi connectivity index (χ0n) is 19.2. The van der Waals surface area contributed by atoms with Gasteiger partial charge in [-0.05, 0) is 67.6 Å². The fraction of sp³-hybridized carbons (Fsp3) is 0.320. The number of aliphatic hydroxyl groups excluding tert-OH is 1. The van der Waals surface area contributed by atoms with Crippen molar-refractivity contribution >= 4 is 23.5 Å². The topological polar surface area (TPSA) is 134 Å². The molecule has 4 N–H and O–H groups in total. The number of rotatable bonds is 12. The summed E-state index contributed by atoms with van der Waals surface area (Å²) in [5.74, 6) is -0.219. The lowest BCUT2D eigenvalue weighted by molar-refractivity contribution is -0.124. The number of ether oxygens (including phenoxy) is 2. The molecule has 2 rings (SSSR count). The summed E-state index contributed by atoms with van der Waals surface area (Å²) in [4.78, 5) is 35.2. The van der Waals surface area contributed by atoms with E-state index in [1.807, 2.05) is 6.92 Å². The molecular formula is C25H30N2O7. The highest BCUT2D eigenvalue weighted by atomic mass is 16.6. The minimum Gasteiger partial charge on any atom is -0.491 e. The Bertz CT molecular complexity index is 972. The van der Waals surface area contributed by atoms with Gasteiger partial charge in [-0.15, -0.1) is 0 Å². The van der Waals surface area contributed by atoms with E-state index in [0.717, 1.165) is 5.56 Å². The molecule has 0 aliphatic heterocycles. The van der Waals surface area contributed by atoms with E-state index in [-0.39, 0.29) is 24.9 Å². The van der Waals surface area contributed by atoms with Crippen molar-refractivity contribution in [2.75, 3.05) is 18.5 Å². The van der Waals surface area contributed by atoms with Crippen molar-refractivity contribution in [3.05, 3.63) is 71.8 Å². The fourth-order valence-electron chi connectivity index (χ4n) is 3.22. The van der Waals surface area contributed by atoms with Crippen LogP contribution in [0.3, 0.4) is 0 Å². The second-order valence-electron chi connectivity index (χ2n) is 7.66. The van der Waals surface area contributed by atoms with Gasteiger partial charge in [-0.25, -0.2) is 10.3 Å². The minimum atomic E-state index is -0.650. The van der Waals surface area contributed by atoms with Crippen LogP contribution in [0.25, 0.3) is 0 Å². The van der Waals surface area contributed by atoms with E-state index < -0.39 is 18.1 Å². The number of carbonyl (C=O) groups is 3. The fourth-order valence-corrected chi connectivity index (χ4v) is 3.22. The van der Waals surface area contributed by atoms with Crippen molar-refractivity contribution in [1.29, 1.82) is 0 Å². The maximum absolute atomic E-state index is 12.6. The molecule has 182 valence electrons. The van der Waals surface area contributed by atoms with E-state index in [2.05, 4.69) is 5.32 Å². The Morgan fingerprint density at radius 3 is 2.32 bits per heavy atom. The molecule has 0 radical (unpaired) electrons. The Balaban J connectivity index is 2.11. The first-order valence-corrected chi connectivity index (χ1v) is 10.9. The Hall–Kier alpha value is -3.69. The van der Waals surface area contributed by atoms with Gasteiger partial charge >= 0.3 is 6.09 Å². The molecule has 2 aromatic carbocycles. The van der Waals surface area contributed by atoms with E-state index in [9.17, 15) is 14.4 Å². The first-order valence-electron chi connectivity index (χ1n) is 10.9. The quantitative estimate of drug-likeness (QED) is 0.159. The maximum atomic E-state index is 12.6. The van der Waals surface area contributed by atoms with Crippen LogP contribution in [0.2, 0.25) is 0 Å². The molecule has 0 spiro atoms. The number of aliphatic hydroxyl groups is 1. The lowest BCUT2D eigenvalue weighted by atomic mass is 9.93. The average Bonchev–Trinajstić information content (AvgIpc) is 2.84. The number of allylic oxidation sites excluding steroid dienone is 1. The van der Waals surface area contributed by atoms with Crippen LogP contribution in [0.4, 0.5) is 10.5 Å². The van der Waals surface area contributed by atoms with Crippen molar-refractivity contribution < 1.29 is 34.2 Å². The molecule has 2 amide bonds. The van der Waals surface area contributed by atoms with Crippen molar-refractivity contribution in [3.63, 3.8) is 0 Å². The second kappa shape index (κ2) is 13.8. The van der Waals surface area contributed by atoms with Crippen LogP contribution >= 0.6 is 0 Å². The molecule has 2 aromatic rings. The van der Waals surface area contributed by atoms with Crippen molar-refractivity contribution in [2.24, 2.45) is 5.92 Å². The number of hydrogen-bond donors (Lipinski definition) is 4. The normalized spacial score (nSPS) is 12.6. The summed E-state index contributed by atoms with van der Waals surface area (Å²) in [5, 5.41) is 20.1. The molecule has 34 heavy (non-hydrogen) atoms. The number of hydroxylamine groups is 1. The van der Waals surface area contributed by atoms with Crippen LogP contribution in [0.1, 0.15) is 48.7 Å². The predicted molar refractivity (Wildman–Crippen MR) is 126 cm³/mol. The van der Waals surface area contributed by atoms with Gasteiger partial charge in [0.15, 0.2) is 5.78 Å². The molecule has 0 aliphatic carbocycles. The van der Waals surface area contributed by atoms with Gasteiger partial charge in [0.1, 0.15) is 18.5 Å². The van der Waals surface area contributed by atoms with E-state index >= 15 is 0 Å². The number of ketones is 1. The molecule has 0 saturated heterocycles. The SMILES string of the molecule is CC(=O)c1ccc(NC(=O)O[C@H](c2ccc(OCCO)cc2)[C@H](C)CC/C=C/C(=O)NO)cc1. The van der Waals surface area contributed by atoms with Gasteiger partial charge in [-0.3, -0.25) is 20.1 Å². The standard InChI is InChI=1S/C25H30N2O7/c1-17(5-3-4-6-23(30)27-32)24(20-9-13-22(14-10-20)33-16-15-28)34-25(31)26-21-11-7-19(8-12-21)18(2)29/h4,6-14,17,24,28,32H,3,5,15-16H2,1-2H3,(H,26,31)(H,27,30)/b6-4+/t17-,24+/m1/s1. The number of Topliss-reactive ketones (excluding diaryl/α,β-unsaturated/α-hetero) is 1. The van der Waals surface area contributed by atoms with Gasteiger partial charge in [0, 0.05) is 17.3 Å². The molecule has 9 heteroatoms. The third-order valence-corrected chi connectivity index (χ3v) is 5.03. The molecular weight excluding hydrogens is 440 g/mol. The summed E-state index contributed by atoms with van der Waals surface area (Å²) in [5.41, 5.74) is 3.32. The number of hydrogen-bond acceptors (Lipinski definition) is 7. The third kappa shape index (κ3) is 8.68. The lowest BCUT2D eigenvalue weighted by Crippen LogP contribution is -2.22. The van der Waals surface area contributed by atoms with Gasteiger partial charge in [0.2, 0.25) is 0 Å². The lowest BCUT2D eigenvalue weighted by Gasteiger charge is -2.25. The van der Waals surface area contributed by atoms with Crippen LogP contribution in [0.5, 0.6) is 5.75 Å². The Morgan fingerprint density at radius 2 is 1.74 bits per heavy atom. The van der Waals surface area contributed by atoms with Gasteiger partial charge < -0.3 is 14.6 Å². The first kappa shape index (κ1) is 26.6. The van der Waals surface area contributed by atoms with E-state index in [1.54, 1.807) is 54.6 Å². The van der Waals surface area contributed by atoms with Crippen LogP contribution in [-0.2, 0) is 9.53 Å². The summed E-state index contributed by atoms with van der Waals surface area (Å²) in [7, 11) is 0. The molecule has 0 bridgehead atoms. The van der Waals surface area contributed by atoms with Crippen LogP contribution in [0.15, 0.2) is 60.7 Å². The Labute approximate surface area is 198 Å². The maximum Gasteiger partial charge on any atom is 0.412 e. The zero-order chi connectivity index (χ0) is 24.9. The van der Waals surface area contributed by atoms with Crippen LogP contribution < -0.4 is 15.5 Å². The first-order chi connectivity index (χ1) is 16.3. The Morgan fingerprint density at radius 1 is 1.06 bits per heavy atom. The van der Waals surface area contributed by atoms with Crippen molar-refractivity contribution in [1.82, 2.24) is 5.48 Å². The number of nitrogens with one attached hydrogen (secondary N) is 2. The van der Waals surface area contributed by atoms with Crippen molar-refractivity contribution in [3.8, 4) is 5.75 Å². The molecule has 0 fully saturated rings. The zero-order valence-corrected chi connectivity index (χ0v) is 19.2. The second-order valence-corrected chi connectivity index (χ2v) is 7.66. The molecule has 0 unspecified atom stereocenters. The van der Waals surface area contributed by atoms with E-state index in [1.165, 1.54) is 18.5 Å². The van der Waals surface area contributed by atoms with Crippen LogP contribution in [0, 0.1) is 5.92 Å². The van der Waals surface area contributed by atoms with Gasteiger partial charge in [0.25, 0.3) is 5.91 Å². The molecule has 9 nitrogen and oxygen atoms in total. The molecule has 0 heterocycles. The highest BCUT2D eigenvalue weighted by Crippen LogP contribution is 2.31. The highest BCUT2D eigenvalue weighted by molar-refractivity contribution is 5.95. The van der Waals surface area contributed by atoms with Gasteiger partial charge in [-0.2, -0.15) is 0 Å². The average molecular weight is 471 g/mol. The summed E-state index contributed by atoms with van der Waals surface area (Å²) < 4.78 is 11.1. The minimum absolute atomic E-state index is 0.0695. The molecule has 2 atom stereocenters. The third-order valence-electron chi connectivity index (χ3n) is 5.03. The highest BCUT2D eigenvalue weighted by Gasteiger charge is 2.23. The smallest absolute Gasteiger partial charge is 0.412 e. The van der Waals surface area contributed by atoms with Gasteiger partial charge in [0.05, 0.1) is 6.61 Å². The monoisotopic (exact) mass is 470 g/mol. The largest absolute Gasteiger partial charge is 0.491 e. The van der Waals surface area contributed by atoms with Crippen LogP contribution in [-0.4, -0.2) is 41.3 Å². The predicted octanol–water partition coefficient (Wildman–Crippen LogP) is 4.03. The van der Waals surface area contributed by atoms with E-state index in [0.29, 0.717) is 29.8 Å². The van der Waals surface area contributed by atoms with E-state index in [4.69, 9.17) is 19.8 Å². The molecule has 0 aromatic heterocycles. The number of benzene rings is 2. The molecule has 0 saturated carbocycles. The summed E-state index contributed by atoms with van der Waals surface area (Å²) >= 11 is 0. The summed E-state index contributed by atoms with van der Waals surface area (Å²) in [6, 6.07) is 13.5. The summed E-state index contributed by atoms with van der Waals surface area (Å²) in [6.07, 6.45) is 2.74. The van der Waals surface area contributed by atoms with Crippen molar-refractivity contribution in [2.45, 2.75) is 32.8 Å². The molecule has 0 aliphatic rings. The number of anilines is 1. The van der Waals surface area contributed by atoms with Gasteiger partial charge in [-0.1, -0.05) is 25.1 Å². The number of amides is 2. The number of carbonyl (C=O) groups excluding carboxylic acids is 3.